The number of hydrogen-bond donors (Lipinski definition) is 0. The molecule has 10 heteroatoms. The van der Waals surface area contributed by atoms with E-state index in [1.807, 2.05) is 6.92 Å². The molecule has 0 aromatic carbocycles. The van der Waals surface area contributed by atoms with Crippen molar-refractivity contribution in [1.29, 1.82) is 0 Å². The maximum Gasteiger partial charge on any atom is 0.346 e. The summed E-state index contributed by atoms with van der Waals surface area (Å²) in [7, 11) is -2.49. The molecule has 0 aliphatic heterocycles. The smallest absolute Gasteiger partial charge is 0.318 e. The molecule has 23 heavy (non-hydrogen) atoms. The Kier molecular flexibility index (Phi) is 6.92. The van der Waals surface area contributed by atoms with Crippen molar-refractivity contribution in [2.75, 3.05) is 26.7 Å². The zero-order chi connectivity index (χ0) is 17.6. The second kappa shape index (κ2) is 8.23. The number of amides is 1. The summed E-state index contributed by atoms with van der Waals surface area (Å²) in [5.41, 5.74) is 0. The van der Waals surface area contributed by atoms with Crippen LogP contribution in [-0.2, 0) is 10.0 Å². The highest BCUT2D eigenvalue weighted by atomic mass is 35.5. The van der Waals surface area contributed by atoms with E-state index in [2.05, 4.69) is 23.2 Å². The summed E-state index contributed by atoms with van der Waals surface area (Å²) in [6.07, 6.45) is 3.21. The molecule has 0 N–H and O–H groups in total. The molecular weight excluding hydrogens is 342 g/mol. The van der Waals surface area contributed by atoms with Gasteiger partial charge < -0.3 is 4.90 Å². The molecule has 1 aromatic rings. The van der Waals surface area contributed by atoms with Crippen molar-refractivity contribution < 1.29 is 13.2 Å². The molecule has 0 aliphatic rings. The SMILES string of the molecule is C=CCN(C)S(=O)(=O)c1ncn(C(=O)N(CCC)CC(=C)Cl)n1. The van der Waals surface area contributed by atoms with Gasteiger partial charge in [-0.3, -0.25) is 0 Å². The van der Waals surface area contributed by atoms with Gasteiger partial charge in [0.1, 0.15) is 6.33 Å². The fourth-order valence-corrected chi connectivity index (χ4v) is 2.84. The zero-order valence-corrected chi connectivity index (χ0v) is 14.7. The van der Waals surface area contributed by atoms with Crippen LogP contribution in [0, 0.1) is 0 Å². The third-order valence-electron chi connectivity index (χ3n) is 2.82. The lowest BCUT2D eigenvalue weighted by atomic mass is 10.4. The Bertz CT molecular complexity index is 686. The number of rotatable bonds is 8. The van der Waals surface area contributed by atoms with Crippen molar-refractivity contribution in [1.82, 2.24) is 24.0 Å². The number of likely N-dealkylation sites (N-methyl/N-ethyl adjacent to an activating group) is 1. The Labute approximate surface area is 141 Å². The quantitative estimate of drug-likeness (QED) is 0.655. The first kappa shape index (κ1) is 19.3. The van der Waals surface area contributed by atoms with Gasteiger partial charge in [-0.25, -0.2) is 18.2 Å². The summed E-state index contributed by atoms with van der Waals surface area (Å²) in [6.45, 7) is 9.62. The van der Waals surface area contributed by atoms with E-state index in [4.69, 9.17) is 11.6 Å². The molecule has 0 radical (unpaired) electrons. The lowest BCUT2D eigenvalue weighted by Gasteiger charge is -2.20. The summed E-state index contributed by atoms with van der Waals surface area (Å²) in [6, 6.07) is -0.519. The number of carbonyl (C=O) groups excluding carboxylic acids is 1. The van der Waals surface area contributed by atoms with Crippen LogP contribution in [0.5, 0.6) is 0 Å². The van der Waals surface area contributed by atoms with Crippen LogP contribution in [0.3, 0.4) is 0 Å². The van der Waals surface area contributed by atoms with Crippen molar-refractivity contribution in [3.05, 3.63) is 30.6 Å². The number of sulfonamides is 1. The lowest BCUT2D eigenvalue weighted by Crippen LogP contribution is -2.36. The third-order valence-corrected chi connectivity index (χ3v) is 4.56. The molecule has 1 aromatic heterocycles. The molecule has 8 nitrogen and oxygen atoms in total. The molecule has 1 heterocycles. The second-order valence-corrected chi connectivity index (χ2v) is 7.24. The van der Waals surface area contributed by atoms with E-state index < -0.39 is 21.2 Å². The van der Waals surface area contributed by atoms with Crippen molar-refractivity contribution in [3.8, 4) is 0 Å². The predicted octanol–water partition coefficient (Wildman–Crippen LogP) is 1.52. The van der Waals surface area contributed by atoms with Gasteiger partial charge in [-0.2, -0.15) is 8.99 Å². The average molecular weight is 362 g/mol. The number of halogens is 1. The molecule has 1 amide bonds. The monoisotopic (exact) mass is 361 g/mol. The molecule has 1 rings (SSSR count). The molecule has 0 unspecified atom stereocenters. The van der Waals surface area contributed by atoms with Gasteiger partial charge in [0.05, 0.1) is 6.54 Å². The molecule has 0 fully saturated rings. The number of nitrogens with zero attached hydrogens (tertiary/aromatic N) is 5. The van der Waals surface area contributed by atoms with Gasteiger partial charge in [0.2, 0.25) is 0 Å². The topological polar surface area (TPSA) is 88.4 Å². The van der Waals surface area contributed by atoms with Crippen molar-refractivity contribution in [2.45, 2.75) is 18.5 Å². The van der Waals surface area contributed by atoms with Crippen molar-refractivity contribution in [3.63, 3.8) is 0 Å². The van der Waals surface area contributed by atoms with E-state index in [1.165, 1.54) is 18.0 Å². The largest absolute Gasteiger partial charge is 0.346 e. The van der Waals surface area contributed by atoms with Crippen molar-refractivity contribution >= 4 is 27.7 Å². The summed E-state index contributed by atoms with van der Waals surface area (Å²) in [5, 5.41) is 3.62. The Hall–Kier alpha value is -1.71. The first-order valence-electron chi connectivity index (χ1n) is 6.85. The maximum atomic E-state index is 12.4. The van der Waals surface area contributed by atoms with E-state index in [1.54, 1.807) is 0 Å². The molecule has 0 aliphatic carbocycles. The summed E-state index contributed by atoms with van der Waals surface area (Å²) >= 11 is 5.75. The van der Waals surface area contributed by atoms with E-state index in [9.17, 15) is 13.2 Å². The average Bonchev–Trinajstić information content (AvgIpc) is 2.96. The van der Waals surface area contributed by atoms with Crippen molar-refractivity contribution in [2.24, 2.45) is 0 Å². The molecule has 0 bridgehead atoms. The van der Waals surface area contributed by atoms with Crippen LogP contribution in [0.1, 0.15) is 13.3 Å². The molecule has 0 atom stereocenters. The minimum atomic E-state index is -3.87. The minimum absolute atomic E-state index is 0.110. The van der Waals surface area contributed by atoms with Crippen LogP contribution in [0.2, 0.25) is 0 Å². The number of aromatic nitrogens is 3. The van der Waals surface area contributed by atoms with E-state index in [0.717, 1.165) is 15.3 Å². The lowest BCUT2D eigenvalue weighted by molar-refractivity contribution is 0.201. The van der Waals surface area contributed by atoms with Gasteiger partial charge in [0, 0.05) is 25.2 Å². The summed E-state index contributed by atoms with van der Waals surface area (Å²) in [4.78, 5) is 17.5. The van der Waals surface area contributed by atoms with Gasteiger partial charge in [0.15, 0.2) is 0 Å². The highest BCUT2D eigenvalue weighted by molar-refractivity contribution is 7.88. The fraction of sp³-hybridized carbons (Fsp3) is 0.462. The summed E-state index contributed by atoms with van der Waals surface area (Å²) < 4.78 is 26.3. The van der Waals surface area contributed by atoms with E-state index in [-0.39, 0.29) is 13.1 Å². The van der Waals surface area contributed by atoms with Crippen LogP contribution >= 0.6 is 11.6 Å². The number of hydrogen-bond acceptors (Lipinski definition) is 5. The zero-order valence-electron chi connectivity index (χ0n) is 13.1. The molecular formula is C13H20ClN5O3S. The normalized spacial score (nSPS) is 11.5. The van der Waals surface area contributed by atoms with Gasteiger partial charge >= 0.3 is 6.03 Å². The highest BCUT2D eigenvalue weighted by Crippen LogP contribution is 2.10. The molecule has 0 spiro atoms. The first-order valence-corrected chi connectivity index (χ1v) is 8.67. The number of carbonyl (C=O) groups is 1. The van der Waals surface area contributed by atoms with Crippen LogP contribution < -0.4 is 0 Å². The Morgan fingerprint density at radius 3 is 2.70 bits per heavy atom. The maximum absolute atomic E-state index is 12.4. The van der Waals surface area contributed by atoms with E-state index >= 15 is 0 Å². The van der Waals surface area contributed by atoms with E-state index in [0.29, 0.717) is 18.0 Å². The van der Waals surface area contributed by atoms with Gasteiger partial charge in [-0.15, -0.1) is 11.7 Å². The molecule has 0 saturated carbocycles. The standard InChI is InChI=1S/C13H20ClN5O3S/c1-5-7-17(4)23(21,22)12-15-10-19(16-12)13(20)18(8-6-2)9-11(3)14/h5,10H,1,3,6-9H2,2,4H3. The summed E-state index contributed by atoms with van der Waals surface area (Å²) in [5.74, 6) is 0. The highest BCUT2D eigenvalue weighted by Gasteiger charge is 2.26. The van der Waals surface area contributed by atoms with Gasteiger partial charge in [-0.1, -0.05) is 31.2 Å². The van der Waals surface area contributed by atoms with Gasteiger partial charge in [0.25, 0.3) is 15.2 Å². The Balaban J connectivity index is 3.04. The van der Waals surface area contributed by atoms with Crippen LogP contribution in [0.4, 0.5) is 4.79 Å². The first-order chi connectivity index (χ1) is 10.7. The predicted molar refractivity (Wildman–Crippen MR) is 87.7 cm³/mol. The molecule has 0 saturated heterocycles. The van der Waals surface area contributed by atoms with Crippen LogP contribution in [-0.4, -0.2) is 65.1 Å². The second-order valence-electron chi connectivity index (χ2n) is 4.77. The van der Waals surface area contributed by atoms with Gasteiger partial charge in [-0.05, 0) is 6.42 Å². The Morgan fingerprint density at radius 2 is 2.17 bits per heavy atom. The molecule has 128 valence electrons. The fourth-order valence-electron chi connectivity index (χ4n) is 1.74. The van der Waals surface area contributed by atoms with Crippen LogP contribution in [0.15, 0.2) is 35.7 Å². The minimum Gasteiger partial charge on any atom is -0.318 e. The third kappa shape index (κ3) is 4.88. The van der Waals surface area contributed by atoms with Crippen LogP contribution in [0.25, 0.3) is 0 Å². The Morgan fingerprint density at radius 1 is 1.52 bits per heavy atom.